The topological polar surface area (TPSA) is 53.1 Å². The van der Waals surface area contributed by atoms with Gasteiger partial charge in [0.2, 0.25) is 0 Å². The molecule has 1 aromatic carbocycles. The maximum atomic E-state index is 13.3. The van der Waals surface area contributed by atoms with Gasteiger partial charge >= 0.3 is 5.97 Å². The van der Waals surface area contributed by atoms with E-state index in [1.165, 1.54) is 6.07 Å². The molecule has 0 aliphatic rings. The molecule has 4 heteroatoms. The first-order valence-corrected chi connectivity index (χ1v) is 4.10. The van der Waals surface area contributed by atoms with Gasteiger partial charge in [0.05, 0.1) is 11.1 Å². The van der Waals surface area contributed by atoms with Crippen molar-refractivity contribution in [3.8, 4) is 0 Å². The van der Waals surface area contributed by atoms with E-state index in [2.05, 4.69) is 4.98 Å². The molecule has 72 valence electrons. The van der Waals surface area contributed by atoms with Crippen molar-refractivity contribution in [2.45, 2.75) is 6.92 Å². The van der Waals surface area contributed by atoms with Crippen LogP contribution in [0.25, 0.3) is 10.9 Å². The van der Waals surface area contributed by atoms with Gasteiger partial charge in [0.1, 0.15) is 5.82 Å². The van der Waals surface area contributed by atoms with Gasteiger partial charge in [0, 0.05) is 11.1 Å². The van der Waals surface area contributed by atoms with Crippen LogP contribution in [-0.2, 0) is 0 Å². The molecule has 0 radical (unpaired) electrons. The first kappa shape index (κ1) is 8.74. The smallest absolute Gasteiger partial charge is 0.335 e. The quantitative estimate of drug-likeness (QED) is 0.730. The van der Waals surface area contributed by atoms with E-state index in [-0.39, 0.29) is 5.56 Å². The molecule has 1 aromatic heterocycles. The van der Waals surface area contributed by atoms with Gasteiger partial charge in [-0.3, -0.25) is 0 Å². The minimum Gasteiger partial charge on any atom is -0.478 e. The number of hydrogen-bond donors (Lipinski definition) is 2. The van der Waals surface area contributed by atoms with Crippen LogP contribution in [0.4, 0.5) is 4.39 Å². The summed E-state index contributed by atoms with van der Waals surface area (Å²) in [7, 11) is 0. The maximum Gasteiger partial charge on any atom is 0.335 e. The van der Waals surface area contributed by atoms with E-state index in [0.29, 0.717) is 10.9 Å². The van der Waals surface area contributed by atoms with Crippen molar-refractivity contribution in [3.05, 3.63) is 35.3 Å². The lowest BCUT2D eigenvalue weighted by atomic mass is 10.1. The Bertz CT molecular complexity index is 516. The Morgan fingerprint density at radius 3 is 2.79 bits per heavy atom. The molecule has 0 atom stereocenters. The SMILES string of the molecule is Cc1cc2cc(C(=O)O)cc(F)c2[nH]1. The number of aromatic carboxylic acids is 1. The number of carboxylic acid groups (broad SMARTS) is 1. The zero-order valence-corrected chi connectivity index (χ0v) is 7.47. The molecule has 3 nitrogen and oxygen atoms in total. The zero-order chi connectivity index (χ0) is 10.3. The molecule has 14 heavy (non-hydrogen) atoms. The number of hydrogen-bond acceptors (Lipinski definition) is 1. The Balaban J connectivity index is 2.77. The van der Waals surface area contributed by atoms with Crippen molar-refractivity contribution < 1.29 is 14.3 Å². The molecule has 0 aliphatic carbocycles. The normalized spacial score (nSPS) is 10.7. The molecule has 0 fully saturated rings. The zero-order valence-electron chi connectivity index (χ0n) is 7.47. The van der Waals surface area contributed by atoms with Gasteiger partial charge in [-0.15, -0.1) is 0 Å². The summed E-state index contributed by atoms with van der Waals surface area (Å²) in [4.78, 5) is 13.5. The minimum absolute atomic E-state index is 0.0333. The molecular formula is C10H8FNO2. The summed E-state index contributed by atoms with van der Waals surface area (Å²) in [5.74, 6) is -1.65. The van der Waals surface area contributed by atoms with E-state index in [4.69, 9.17) is 5.11 Å². The number of rotatable bonds is 1. The summed E-state index contributed by atoms with van der Waals surface area (Å²) >= 11 is 0. The lowest BCUT2D eigenvalue weighted by molar-refractivity contribution is 0.0696. The highest BCUT2D eigenvalue weighted by atomic mass is 19.1. The lowest BCUT2D eigenvalue weighted by Crippen LogP contribution is -1.96. The largest absolute Gasteiger partial charge is 0.478 e. The second-order valence-electron chi connectivity index (χ2n) is 3.18. The third-order valence-electron chi connectivity index (χ3n) is 2.06. The molecule has 0 saturated carbocycles. The average molecular weight is 193 g/mol. The fourth-order valence-electron chi connectivity index (χ4n) is 1.46. The van der Waals surface area contributed by atoms with Crippen LogP contribution in [0.1, 0.15) is 16.1 Å². The minimum atomic E-state index is -1.12. The Morgan fingerprint density at radius 1 is 1.43 bits per heavy atom. The Morgan fingerprint density at radius 2 is 2.14 bits per heavy atom. The van der Waals surface area contributed by atoms with Crippen molar-refractivity contribution >= 4 is 16.9 Å². The van der Waals surface area contributed by atoms with Crippen LogP contribution in [0.2, 0.25) is 0 Å². The number of aryl methyl sites for hydroxylation is 1. The Kier molecular flexibility index (Phi) is 1.77. The van der Waals surface area contributed by atoms with Crippen LogP contribution in [0, 0.1) is 12.7 Å². The first-order valence-electron chi connectivity index (χ1n) is 4.10. The molecule has 0 aliphatic heterocycles. The third-order valence-corrected chi connectivity index (χ3v) is 2.06. The first-order chi connectivity index (χ1) is 6.58. The van der Waals surface area contributed by atoms with Crippen LogP contribution < -0.4 is 0 Å². The highest BCUT2D eigenvalue weighted by molar-refractivity contribution is 5.94. The predicted octanol–water partition coefficient (Wildman–Crippen LogP) is 2.31. The molecule has 0 amide bonds. The molecule has 1 heterocycles. The van der Waals surface area contributed by atoms with Crippen molar-refractivity contribution in [2.24, 2.45) is 0 Å². The number of aromatic nitrogens is 1. The second-order valence-corrected chi connectivity index (χ2v) is 3.18. The summed E-state index contributed by atoms with van der Waals surface area (Å²) in [6.07, 6.45) is 0. The Labute approximate surface area is 79.2 Å². The molecule has 0 saturated heterocycles. The molecular weight excluding hydrogens is 185 g/mol. The van der Waals surface area contributed by atoms with Crippen molar-refractivity contribution in [3.63, 3.8) is 0 Å². The van der Waals surface area contributed by atoms with Gasteiger partial charge in [-0.2, -0.15) is 0 Å². The van der Waals surface area contributed by atoms with Gasteiger partial charge in [-0.25, -0.2) is 9.18 Å². The number of H-pyrrole nitrogens is 1. The fourth-order valence-corrected chi connectivity index (χ4v) is 1.46. The monoisotopic (exact) mass is 193 g/mol. The van der Waals surface area contributed by atoms with E-state index in [9.17, 15) is 9.18 Å². The van der Waals surface area contributed by atoms with E-state index in [1.807, 2.05) is 0 Å². The summed E-state index contributed by atoms with van der Waals surface area (Å²) in [6, 6.07) is 4.18. The van der Waals surface area contributed by atoms with Crippen molar-refractivity contribution in [2.75, 3.05) is 0 Å². The fraction of sp³-hybridized carbons (Fsp3) is 0.100. The number of carbonyl (C=O) groups is 1. The van der Waals surface area contributed by atoms with E-state index >= 15 is 0 Å². The molecule has 2 N–H and O–H groups in total. The third kappa shape index (κ3) is 1.25. The predicted molar refractivity (Wildman–Crippen MR) is 50.0 cm³/mol. The molecule has 2 rings (SSSR count). The number of benzene rings is 1. The molecule has 2 aromatic rings. The van der Waals surface area contributed by atoms with Crippen LogP contribution in [0.3, 0.4) is 0 Å². The average Bonchev–Trinajstić information content (AvgIpc) is 2.45. The van der Waals surface area contributed by atoms with Crippen LogP contribution in [-0.4, -0.2) is 16.1 Å². The highest BCUT2D eigenvalue weighted by Crippen LogP contribution is 2.20. The number of halogens is 1. The molecule has 0 unspecified atom stereocenters. The van der Waals surface area contributed by atoms with Crippen LogP contribution in [0.15, 0.2) is 18.2 Å². The summed E-state index contributed by atoms with van der Waals surface area (Å²) in [6.45, 7) is 1.79. The number of carboxylic acids is 1. The number of fused-ring (bicyclic) bond motifs is 1. The van der Waals surface area contributed by atoms with Crippen LogP contribution >= 0.6 is 0 Å². The van der Waals surface area contributed by atoms with E-state index in [0.717, 1.165) is 11.8 Å². The standard InChI is InChI=1S/C10H8FNO2/c1-5-2-6-3-7(10(13)14)4-8(11)9(6)12-5/h2-4,12H,1H3,(H,13,14). The van der Waals surface area contributed by atoms with E-state index in [1.54, 1.807) is 13.0 Å². The number of aromatic amines is 1. The van der Waals surface area contributed by atoms with Gasteiger partial charge in [-0.1, -0.05) is 0 Å². The van der Waals surface area contributed by atoms with Crippen LogP contribution in [0.5, 0.6) is 0 Å². The maximum absolute atomic E-state index is 13.3. The summed E-state index contributed by atoms with van der Waals surface area (Å²) in [5.41, 5.74) is 1.13. The van der Waals surface area contributed by atoms with Crippen molar-refractivity contribution in [1.29, 1.82) is 0 Å². The van der Waals surface area contributed by atoms with Crippen molar-refractivity contribution in [1.82, 2.24) is 4.98 Å². The molecule has 0 bridgehead atoms. The van der Waals surface area contributed by atoms with Gasteiger partial charge in [0.25, 0.3) is 0 Å². The van der Waals surface area contributed by atoms with Gasteiger partial charge in [-0.05, 0) is 25.1 Å². The number of nitrogens with one attached hydrogen (secondary N) is 1. The van der Waals surface area contributed by atoms with Gasteiger partial charge in [0.15, 0.2) is 0 Å². The highest BCUT2D eigenvalue weighted by Gasteiger charge is 2.10. The van der Waals surface area contributed by atoms with Gasteiger partial charge < -0.3 is 10.1 Å². The Hall–Kier alpha value is -1.84. The molecule has 0 spiro atoms. The van der Waals surface area contributed by atoms with E-state index < -0.39 is 11.8 Å². The summed E-state index contributed by atoms with van der Waals surface area (Å²) < 4.78 is 13.3. The lowest BCUT2D eigenvalue weighted by Gasteiger charge is -1.96. The second kappa shape index (κ2) is 2.83. The summed E-state index contributed by atoms with van der Waals surface area (Å²) in [5, 5.41) is 9.28.